The summed E-state index contributed by atoms with van der Waals surface area (Å²) in [7, 11) is -1.59. The number of ether oxygens (including phenoxy) is 1. The van der Waals surface area contributed by atoms with E-state index in [0.29, 0.717) is 32.5 Å². The van der Waals surface area contributed by atoms with Gasteiger partial charge in [0.2, 0.25) is 15.9 Å². The van der Waals surface area contributed by atoms with E-state index in [2.05, 4.69) is 5.32 Å². The molecule has 118 valence electrons. The highest BCUT2D eigenvalue weighted by Crippen LogP contribution is 2.14. The molecule has 1 rings (SSSR count). The van der Waals surface area contributed by atoms with Gasteiger partial charge in [0.1, 0.15) is 0 Å². The van der Waals surface area contributed by atoms with Crippen molar-refractivity contribution in [2.24, 2.45) is 5.73 Å². The Kier molecular flexibility index (Phi) is 6.87. The summed E-state index contributed by atoms with van der Waals surface area (Å²) in [6, 6.07) is 0.0288. The van der Waals surface area contributed by atoms with Crippen LogP contribution in [0.4, 0.5) is 0 Å². The maximum Gasteiger partial charge on any atom is 0.222 e. The molecular weight excluding hydrogens is 282 g/mol. The van der Waals surface area contributed by atoms with Crippen molar-refractivity contribution in [1.82, 2.24) is 9.62 Å². The number of piperidine rings is 1. The third-order valence-electron chi connectivity index (χ3n) is 3.59. The summed E-state index contributed by atoms with van der Waals surface area (Å²) in [5, 5.41) is 2.91. The second-order valence-corrected chi connectivity index (χ2v) is 7.20. The number of nitrogens with one attached hydrogen (secondary N) is 1. The van der Waals surface area contributed by atoms with Gasteiger partial charge in [0, 0.05) is 32.8 Å². The van der Waals surface area contributed by atoms with Crippen molar-refractivity contribution in [3.63, 3.8) is 0 Å². The van der Waals surface area contributed by atoms with E-state index in [1.165, 1.54) is 11.4 Å². The fourth-order valence-electron chi connectivity index (χ4n) is 2.22. The molecule has 0 radical (unpaired) electrons. The summed E-state index contributed by atoms with van der Waals surface area (Å²) in [6.45, 7) is 2.87. The van der Waals surface area contributed by atoms with Crippen LogP contribution in [0.25, 0.3) is 0 Å². The number of hydrogen-bond donors (Lipinski definition) is 2. The van der Waals surface area contributed by atoms with E-state index in [-0.39, 0.29) is 30.2 Å². The number of sulfonamides is 1. The normalized spacial score (nSPS) is 19.8. The van der Waals surface area contributed by atoms with Crippen LogP contribution in [0, 0.1) is 0 Å². The minimum absolute atomic E-state index is 0.0288. The molecule has 0 aromatic rings. The molecule has 0 aromatic heterocycles. The lowest BCUT2D eigenvalue weighted by Gasteiger charge is -2.31. The fourth-order valence-corrected chi connectivity index (χ4v) is 3.35. The topological polar surface area (TPSA) is 102 Å². The highest BCUT2D eigenvalue weighted by atomic mass is 32.2. The number of amides is 1. The largest absolute Gasteiger partial charge is 0.380 e. The van der Waals surface area contributed by atoms with Crippen LogP contribution in [-0.2, 0) is 19.6 Å². The molecule has 20 heavy (non-hydrogen) atoms. The molecule has 0 aromatic carbocycles. The van der Waals surface area contributed by atoms with Crippen molar-refractivity contribution in [3.05, 3.63) is 0 Å². The molecule has 1 atom stereocenters. The van der Waals surface area contributed by atoms with Crippen molar-refractivity contribution in [3.8, 4) is 0 Å². The van der Waals surface area contributed by atoms with Crippen molar-refractivity contribution in [2.45, 2.75) is 38.3 Å². The average molecular weight is 307 g/mol. The zero-order valence-corrected chi connectivity index (χ0v) is 13.0. The molecule has 1 saturated heterocycles. The molecule has 3 N–H and O–H groups in total. The molecule has 1 aliphatic heterocycles. The van der Waals surface area contributed by atoms with E-state index in [1.54, 1.807) is 6.92 Å². The van der Waals surface area contributed by atoms with Gasteiger partial charge in [-0.1, -0.05) is 0 Å². The number of carbonyl (C=O) groups excluding carboxylic acids is 1. The smallest absolute Gasteiger partial charge is 0.222 e. The van der Waals surface area contributed by atoms with E-state index in [0.717, 1.165) is 0 Å². The summed E-state index contributed by atoms with van der Waals surface area (Å²) >= 11 is 0. The first kappa shape index (κ1) is 17.4. The number of methoxy groups -OCH3 is 1. The summed E-state index contributed by atoms with van der Waals surface area (Å²) in [6.07, 6.45) is 1.26. The van der Waals surface area contributed by atoms with Crippen LogP contribution in [0.2, 0.25) is 0 Å². The zero-order chi connectivity index (χ0) is 15.2. The molecule has 0 saturated carbocycles. The number of nitrogens with zero attached hydrogens (tertiary/aromatic N) is 1. The number of rotatable bonds is 7. The Morgan fingerprint density at radius 2 is 2.05 bits per heavy atom. The summed E-state index contributed by atoms with van der Waals surface area (Å²) < 4.78 is 30.0. The molecule has 1 heterocycles. The molecule has 1 amide bonds. The maximum atomic E-state index is 11.8. The Bertz CT molecular complexity index is 401. The quantitative estimate of drug-likeness (QED) is 0.646. The van der Waals surface area contributed by atoms with Crippen LogP contribution < -0.4 is 11.1 Å². The maximum absolute atomic E-state index is 11.8. The standard InChI is InChI=1S/C12H25N3O4S/c1-3-20(17,18)15-6-4-10(5-7-15)14-12(16)8-11(9-13)19-2/h10-11H,3-9,13H2,1-2H3,(H,14,16). The van der Waals surface area contributed by atoms with Gasteiger partial charge in [-0.15, -0.1) is 0 Å². The third kappa shape index (κ3) is 5.01. The first-order valence-electron chi connectivity index (χ1n) is 6.93. The molecule has 7 nitrogen and oxygen atoms in total. The van der Waals surface area contributed by atoms with Gasteiger partial charge in [-0.05, 0) is 19.8 Å². The van der Waals surface area contributed by atoms with E-state index >= 15 is 0 Å². The van der Waals surface area contributed by atoms with Crippen LogP contribution in [0.1, 0.15) is 26.2 Å². The van der Waals surface area contributed by atoms with E-state index < -0.39 is 10.0 Å². The van der Waals surface area contributed by atoms with Crippen molar-refractivity contribution >= 4 is 15.9 Å². The first-order chi connectivity index (χ1) is 9.42. The van der Waals surface area contributed by atoms with Crippen LogP contribution in [0.3, 0.4) is 0 Å². The lowest BCUT2D eigenvalue weighted by molar-refractivity contribution is -0.124. The van der Waals surface area contributed by atoms with Gasteiger partial charge in [-0.3, -0.25) is 4.79 Å². The van der Waals surface area contributed by atoms with Gasteiger partial charge >= 0.3 is 0 Å². The Labute approximate surface area is 120 Å². The number of hydrogen-bond acceptors (Lipinski definition) is 5. The van der Waals surface area contributed by atoms with E-state index in [1.807, 2.05) is 0 Å². The molecule has 0 spiro atoms. The highest BCUT2D eigenvalue weighted by Gasteiger charge is 2.27. The minimum atomic E-state index is -3.12. The average Bonchev–Trinajstić information content (AvgIpc) is 2.45. The molecule has 0 bridgehead atoms. The Morgan fingerprint density at radius 3 is 2.50 bits per heavy atom. The second-order valence-electron chi connectivity index (χ2n) is 4.94. The monoisotopic (exact) mass is 307 g/mol. The Balaban J connectivity index is 2.37. The van der Waals surface area contributed by atoms with E-state index in [9.17, 15) is 13.2 Å². The minimum Gasteiger partial charge on any atom is -0.380 e. The summed E-state index contributed by atoms with van der Waals surface area (Å²) in [5.41, 5.74) is 5.47. The number of nitrogens with two attached hydrogens (primary N) is 1. The van der Waals surface area contributed by atoms with Crippen molar-refractivity contribution in [2.75, 3.05) is 32.5 Å². The second kappa shape index (κ2) is 7.92. The third-order valence-corrected chi connectivity index (χ3v) is 5.47. The molecule has 0 aliphatic carbocycles. The van der Waals surface area contributed by atoms with Crippen LogP contribution in [0.5, 0.6) is 0 Å². The van der Waals surface area contributed by atoms with Crippen LogP contribution >= 0.6 is 0 Å². The molecule has 1 unspecified atom stereocenters. The highest BCUT2D eigenvalue weighted by molar-refractivity contribution is 7.89. The molecule has 1 fully saturated rings. The lowest BCUT2D eigenvalue weighted by Crippen LogP contribution is -2.47. The fraction of sp³-hybridized carbons (Fsp3) is 0.917. The van der Waals surface area contributed by atoms with Crippen LogP contribution in [-0.4, -0.2) is 63.3 Å². The summed E-state index contributed by atoms with van der Waals surface area (Å²) in [4.78, 5) is 11.8. The van der Waals surface area contributed by atoms with Crippen LogP contribution in [0.15, 0.2) is 0 Å². The predicted molar refractivity (Wildman–Crippen MR) is 76.7 cm³/mol. The Morgan fingerprint density at radius 1 is 1.45 bits per heavy atom. The first-order valence-corrected chi connectivity index (χ1v) is 8.53. The predicted octanol–water partition coefficient (Wildman–Crippen LogP) is -0.719. The SMILES string of the molecule is CCS(=O)(=O)N1CCC(NC(=O)CC(CN)OC)CC1. The van der Waals surface area contributed by atoms with Gasteiger partial charge in [-0.2, -0.15) is 0 Å². The molecular formula is C12H25N3O4S. The Hall–Kier alpha value is -0.700. The van der Waals surface area contributed by atoms with Gasteiger partial charge in [0.15, 0.2) is 0 Å². The van der Waals surface area contributed by atoms with E-state index in [4.69, 9.17) is 10.5 Å². The molecule has 1 aliphatic rings. The van der Waals surface area contributed by atoms with Crippen molar-refractivity contribution < 1.29 is 17.9 Å². The molecule has 8 heteroatoms. The van der Waals surface area contributed by atoms with Gasteiger partial charge in [0.05, 0.1) is 18.3 Å². The van der Waals surface area contributed by atoms with Gasteiger partial charge < -0.3 is 15.8 Å². The van der Waals surface area contributed by atoms with Gasteiger partial charge in [-0.25, -0.2) is 12.7 Å². The van der Waals surface area contributed by atoms with Gasteiger partial charge in [0.25, 0.3) is 0 Å². The lowest BCUT2D eigenvalue weighted by atomic mass is 10.1. The van der Waals surface area contributed by atoms with Crippen molar-refractivity contribution in [1.29, 1.82) is 0 Å². The summed E-state index contributed by atoms with van der Waals surface area (Å²) in [5.74, 6) is 0.0230. The zero-order valence-electron chi connectivity index (χ0n) is 12.2. The number of carbonyl (C=O) groups is 1.